The van der Waals surface area contributed by atoms with Crippen molar-refractivity contribution in [3.63, 3.8) is 0 Å². The average Bonchev–Trinajstić information content (AvgIpc) is 2.72. The second-order valence-electron chi connectivity index (χ2n) is 6.15. The van der Waals surface area contributed by atoms with Gasteiger partial charge in [-0.3, -0.25) is 4.79 Å². The molecule has 0 aliphatic carbocycles. The third-order valence-electron chi connectivity index (χ3n) is 4.54. The van der Waals surface area contributed by atoms with Gasteiger partial charge < -0.3 is 10.6 Å². The zero-order valence-corrected chi connectivity index (χ0v) is 15.9. The Morgan fingerprint density at radius 2 is 1.86 bits per heavy atom. The molecule has 2 N–H and O–H groups in total. The van der Waals surface area contributed by atoms with Gasteiger partial charge in [-0.25, -0.2) is 4.39 Å². The van der Waals surface area contributed by atoms with Gasteiger partial charge in [0, 0.05) is 34.2 Å². The second-order valence-corrected chi connectivity index (χ2v) is 6.56. The molecule has 0 fully saturated rings. The molecule has 0 spiro atoms. The minimum Gasteiger partial charge on any atom is -0.335 e. The van der Waals surface area contributed by atoms with E-state index in [2.05, 4.69) is 4.89 Å². The normalized spacial score (nSPS) is 11.9. The molecule has 3 aromatic carbocycles. The van der Waals surface area contributed by atoms with Crippen molar-refractivity contribution >= 4 is 17.9 Å². The van der Waals surface area contributed by atoms with E-state index in [1.54, 1.807) is 12.1 Å². The number of hydrogen-bond acceptors (Lipinski definition) is 4. The smallest absolute Gasteiger partial charge is 0.201 e. The van der Waals surface area contributed by atoms with Gasteiger partial charge in [-0.1, -0.05) is 48.0 Å². The predicted octanol–water partition coefficient (Wildman–Crippen LogP) is 4.99. The molecular formula is C22H19ClFNO3. The summed E-state index contributed by atoms with van der Waals surface area (Å²) in [6.07, 6.45) is 0.579. The Labute approximate surface area is 167 Å². The lowest BCUT2D eigenvalue weighted by atomic mass is 9.88. The van der Waals surface area contributed by atoms with Crippen molar-refractivity contribution in [3.05, 3.63) is 88.2 Å². The average molecular weight is 400 g/mol. The van der Waals surface area contributed by atoms with E-state index in [9.17, 15) is 4.79 Å². The fourth-order valence-corrected chi connectivity index (χ4v) is 3.41. The molecule has 0 bridgehead atoms. The summed E-state index contributed by atoms with van der Waals surface area (Å²) in [5, 5.41) is 0.309. The van der Waals surface area contributed by atoms with Crippen LogP contribution in [0.1, 0.15) is 27.4 Å². The van der Waals surface area contributed by atoms with Crippen LogP contribution >= 0.6 is 11.6 Å². The molecule has 4 nitrogen and oxygen atoms in total. The zero-order chi connectivity index (χ0) is 20.1. The summed E-state index contributed by atoms with van der Waals surface area (Å²) in [5.74, 6) is -0.962. The van der Waals surface area contributed by atoms with Crippen LogP contribution < -0.4 is 10.6 Å². The number of rotatable bonds is 7. The Kier molecular flexibility index (Phi) is 6.41. The van der Waals surface area contributed by atoms with Crippen molar-refractivity contribution in [1.82, 2.24) is 0 Å². The summed E-state index contributed by atoms with van der Waals surface area (Å²) < 4.78 is 15.1. The van der Waals surface area contributed by atoms with Crippen molar-refractivity contribution in [2.45, 2.75) is 5.92 Å². The van der Waals surface area contributed by atoms with Gasteiger partial charge in [0.15, 0.2) is 12.1 Å². The minimum atomic E-state index is -0.727. The maximum absolute atomic E-state index is 15.1. The van der Waals surface area contributed by atoms with Crippen molar-refractivity contribution < 1.29 is 19.0 Å². The topological polar surface area (TPSA) is 61.5 Å². The number of benzene rings is 3. The standard InChI is InChI=1S/C22H19ClFNO3/c1-27-28-20-10-8-16(13-26)21(22(20)24)17-11-15(7-9-19(17)23)18(12-25)14-5-3-2-4-6-14/h2-11,13,18H,12,25H2,1H3. The first kappa shape index (κ1) is 20.0. The van der Waals surface area contributed by atoms with E-state index in [1.807, 2.05) is 36.4 Å². The van der Waals surface area contributed by atoms with Gasteiger partial charge in [-0.05, 0) is 35.4 Å². The Hall–Kier alpha value is -2.73. The largest absolute Gasteiger partial charge is 0.335 e. The molecule has 144 valence electrons. The zero-order valence-electron chi connectivity index (χ0n) is 15.2. The van der Waals surface area contributed by atoms with Crippen molar-refractivity contribution in [2.24, 2.45) is 5.73 Å². The molecule has 6 heteroatoms. The molecule has 3 rings (SSSR count). The molecule has 0 amide bonds. The van der Waals surface area contributed by atoms with Gasteiger partial charge in [-0.15, -0.1) is 0 Å². The van der Waals surface area contributed by atoms with Crippen LogP contribution in [0.4, 0.5) is 4.39 Å². The summed E-state index contributed by atoms with van der Waals surface area (Å²) in [7, 11) is 1.27. The lowest BCUT2D eigenvalue weighted by molar-refractivity contribution is -0.180. The van der Waals surface area contributed by atoms with Gasteiger partial charge in [0.2, 0.25) is 5.75 Å². The third-order valence-corrected chi connectivity index (χ3v) is 4.87. The van der Waals surface area contributed by atoms with Crippen molar-refractivity contribution in [2.75, 3.05) is 13.7 Å². The highest BCUT2D eigenvalue weighted by molar-refractivity contribution is 6.33. The van der Waals surface area contributed by atoms with Gasteiger partial charge in [0.1, 0.15) is 0 Å². The Bertz CT molecular complexity index is 979. The van der Waals surface area contributed by atoms with E-state index < -0.39 is 5.82 Å². The first-order chi connectivity index (χ1) is 13.6. The maximum atomic E-state index is 15.1. The predicted molar refractivity (Wildman–Crippen MR) is 107 cm³/mol. The highest BCUT2D eigenvalue weighted by Crippen LogP contribution is 2.38. The molecule has 1 atom stereocenters. The monoisotopic (exact) mass is 399 g/mol. The molecule has 1 unspecified atom stereocenters. The molecule has 0 aliphatic rings. The summed E-state index contributed by atoms with van der Waals surface area (Å²) in [5.41, 5.74) is 8.51. The number of carbonyl (C=O) groups excluding carboxylic acids is 1. The van der Waals surface area contributed by atoms with Crippen LogP contribution in [0, 0.1) is 5.82 Å². The first-order valence-corrected chi connectivity index (χ1v) is 9.01. The molecule has 0 aliphatic heterocycles. The van der Waals surface area contributed by atoms with Gasteiger partial charge >= 0.3 is 0 Å². The van der Waals surface area contributed by atoms with E-state index >= 15 is 4.39 Å². The van der Waals surface area contributed by atoms with Crippen LogP contribution in [-0.4, -0.2) is 19.9 Å². The molecule has 0 radical (unpaired) electrons. The number of nitrogens with two attached hydrogens (primary N) is 1. The molecule has 3 aromatic rings. The molecule has 0 aromatic heterocycles. The lowest BCUT2D eigenvalue weighted by Gasteiger charge is -2.18. The first-order valence-electron chi connectivity index (χ1n) is 8.63. The Morgan fingerprint density at radius 3 is 2.50 bits per heavy atom. The molecule has 0 saturated carbocycles. The highest BCUT2D eigenvalue weighted by Gasteiger charge is 2.21. The van der Waals surface area contributed by atoms with Gasteiger partial charge in [-0.2, -0.15) is 4.89 Å². The molecular weight excluding hydrogens is 381 g/mol. The summed E-state index contributed by atoms with van der Waals surface area (Å²) in [4.78, 5) is 20.9. The quantitative estimate of drug-likeness (QED) is 0.345. The van der Waals surface area contributed by atoms with E-state index in [-0.39, 0.29) is 22.8 Å². The Morgan fingerprint density at radius 1 is 1.11 bits per heavy atom. The number of carbonyl (C=O) groups is 1. The van der Waals surface area contributed by atoms with Crippen LogP contribution in [-0.2, 0) is 4.89 Å². The number of hydrogen-bond donors (Lipinski definition) is 1. The fourth-order valence-electron chi connectivity index (χ4n) is 3.20. The fraction of sp³-hybridized carbons (Fsp3) is 0.136. The molecule has 28 heavy (non-hydrogen) atoms. The van der Waals surface area contributed by atoms with Crippen LogP contribution in [0.15, 0.2) is 60.7 Å². The SMILES string of the molecule is COOc1ccc(C=O)c(-c2cc(C(CN)c3ccccc3)ccc2Cl)c1F. The van der Waals surface area contributed by atoms with E-state index in [4.69, 9.17) is 22.2 Å². The minimum absolute atomic E-state index is 0.0558. The third kappa shape index (κ3) is 3.92. The van der Waals surface area contributed by atoms with E-state index in [0.29, 0.717) is 23.4 Å². The summed E-state index contributed by atoms with van der Waals surface area (Å²) in [6, 6.07) is 17.8. The van der Waals surface area contributed by atoms with E-state index in [0.717, 1.165) is 11.1 Å². The summed E-state index contributed by atoms with van der Waals surface area (Å²) >= 11 is 6.37. The molecule has 0 heterocycles. The Balaban J connectivity index is 2.17. The highest BCUT2D eigenvalue weighted by atomic mass is 35.5. The number of halogens is 2. The second kappa shape index (κ2) is 8.97. The lowest BCUT2D eigenvalue weighted by Crippen LogP contribution is -2.14. The van der Waals surface area contributed by atoms with Crippen LogP contribution in [0.25, 0.3) is 11.1 Å². The van der Waals surface area contributed by atoms with Crippen molar-refractivity contribution in [3.8, 4) is 16.9 Å². The van der Waals surface area contributed by atoms with Gasteiger partial charge in [0.05, 0.1) is 7.11 Å². The van der Waals surface area contributed by atoms with Crippen LogP contribution in [0.5, 0.6) is 5.75 Å². The maximum Gasteiger partial charge on any atom is 0.201 e. The van der Waals surface area contributed by atoms with Crippen molar-refractivity contribution in [1.29, 1.82) is 0 Å². The van der Waals surface area contributed by atoms with Crippen LogP contribution in [0.3, 0.4) is 0 Å². The molecule has 0 saturated heterocycles. The van der Waals surface area contributed by atoms with Crippen LogP contribution in [0.2, 0.25) is 5.02 Å². The van der Waals surface area contributed by atoms with Gasteiger partial charge in [0.25, 0.3) is 0 Å². The van der Waals surface area contributed by atoms with E-state index in [1.165, 1.54) is 19.2 Å². The number of aldehydes is 1. The summed E-state index contributed by atoms with van der Waals surface area (Å²) in [6.45, 7) is 0.362.